The smallest absolute Gasteiger partial charge is 0.343 e. The highest BCUT2D eigenvalue weighted by atomic mass is 79.9. The topological polar surface area (TPSA) is 88.0 Å². The highest BCUT2D eigenvalue weighted by Crippen LogP contribution is 2.16. The molecular weight excluding hydrogens is 436 g/mol. The minimum atomic E-state index is -1.30. The van der Waals surface area contributed by atoms with Crippen LogP contribution in [0.1, 0.15) is 27.6 Å². The fourth-order valence-electron chi connectivity index (χ4n) is 2.39. The minimum absolute atomic E-state index is 0.388. The van der Waals surface area contributed by atoms with Crippen LogP contribution in [0.2, 0.25) is 0 Å². The summed E-state index contributed by atoms with van der Waals surface area (Å²) >= 11 is 3.31. The van der Waals surface area contributed by atoms with Crippen LogP contribution in [0.4, 0.5) is 0 Å². The number of aliphatic hydroxyl groups is 1. The second kappa shape index (κ2) is 9.77. The molecule has 0 bridgehead atoms. The number of carbonyl (C=O) groups is 2. The Morgan fingerprint density at radius 1 is 0.966 bits per heavy atom. The number of amides is 1. The van der Waals surface area contributed by atoms with Gasteiger partial charge in [-0.2, -0.15) is 5.10 Å². The Morgan fingerprint density at radius 3 is 2.28 bits per heavy atom. The monoisotopic (exact) mass is 452 g/mol. The largest absolute Gasteiger partial charge is 0.423 e. The van der Waals surface area contributed by atoms with Crippen molar-refractivity contribution in [3.63, 3.8) is 0 Å². The number of esters is 1. The van der Waals surface area contributed by atoms with Crippen LogP contribution in [0.5, 0.6) is 5.75 Å². The molecule has 3 aromatic rings. The van der Waals surface area contributed by atoms with Gasteiger partial charge in [-0.1, -0.05) is 46.3 Å². The molecule has 3 rings (SSSR count). The van der Waals surface area contributed by atoms with Crippen molar-refractivity contribution < 1.29 is 19.4 Å². The first-order chi connectivity index (χ1) is 14.0. The molecule has 0 saturated heterocycles. The van der Waals surface area contributed by atoms with Crippen LogP contribution in [0.15, 0.2) is 88.4 Å². The van der Waals surface area contributed by atoms with Crippen molar-refractivity contribution in [1.29, 1.82) is 0 Å². The zero-order chi connectivity index (χ0) is 20.6. The number of hydrogen-bond acceptors (Lipinski definition) is 5. The number of nitrogens with zero attached hydrogens (tertiary/aromatic N) is 1. The zero-order valence-electron chi connectivity index (χ0n) is 15.2. The molecule has 1 amide bonds. The van der Waals surface area contributed by atoms with Gasteiger partial charge in [0.25, 0.3) is 5.91 Å². The number of aliphatic hydroxyl groups excluding tert-OH is 1. The van der Waals surface area contributed by atoms with Crippen molar-refractivity contribution in [2.24, 2.45) is 5.10 Å². The minimum Gasteiger partial charge on any atom is -0.423 e. The van der Waals surface area contributed by atoms with Crippen LogP contribution in [0.25, 0.3) is 0 Å². The zero-order valence-corrected chi connectivity index (χ0v) is 16.7. The van der Waals surface area contributed by atoms with E-state index in [1.54, 1.807) is 78.9 Å². The van der Waals surface area contributed by atoms with E-state index in [0.717, 1.165) is 4.47 Å². The predicted molar refractivity (Wildman–Crippen MR) is 113 cm³/mol. The number of carbonyl (C=O) groups excluding carboxylic acids is 2. The van der Waals surface area contributed by atoms with E-state index in [0.29, 0.717) is 22.4 Å². The normalized spacial score (nSPS) is 11.8. The number of hydrogen-bond donors (Lipinski definition) is 2. The van der Waals surface area contributed by atoms with E-state index in [-0.39, 0.29) is 0 Å². The molecule has 0 aromatic heterocycles. The molecule has 0 aliphatic rings. The summed E-state index contributed by atoms with van der Waals surface area (Å²) in [5, 5.41) is 13.8. The quantitative estimate of drug-likeness (QED) is 0.257. The van der Waals surface area contributed by atoms with Gasteiger partial charge < -0.3 is 9.84 Å². The number of rotatable bonds is 6. The van der Waals surface area contributed by atoms with Crippen molar-refractivity contribution in [3.05, 3.63) is 100 Å². The van der Waals surface area contributed by atoms with Gasteiger partial charge in [-0.25, -0.2) is 10.2 Å². The van der Waals surface area contributed by atoms with Crippen LogP contribution < -0.4 is 10.2 Å². The molecule has 6 nitrogen and oxygen atoms in total. The predicted octanol–water partition coefficient (Wildman–Crippen LogP) is 3.85. The third-order valence-corrected chi connectivity index (χ3v) is 4.45. The van der Waals surface area contributed by atoms with Crippen LogP contribution in [-0.2, 0) is 4.79 Å². The molecule has 0 aliphatic heterocycles. The summed E-state index contributed by atoms with van der Waals surface area (Å²) in [7, 11) is 0. The van der Waals surface area contributed by atoms with E-state index in [1.807, 2.05) is 0 Å². The van der Waals surface area contributed by atoms with Gasteiger partial charge in [0.2, 0.25) is 0 Å². The van der Waals surface area contributed by atoms with E-state index >= 15 is 0 Å². The maximum Gasteiger partial charge on any atom is 0.343 e. The number of benzene rings is 3. The maximum atomic E-state index is 12.1. The first-order valence-corrected chi connectivity index (χ1v) is 9.46. The molecule has 146 valence electrons. The fraction of sp³-hybridized carbons (Fsp3) is 0.0455. The Labute approximate surface area is 176 Å². The van der Waals surface area contributed by atoms with Crippen molar-refractivity contribution in [2.45, 2.75) is 6.10 Å². The third-order valence-electron chi connectivity index (χ3n) is 3.92. The number of ether oxygens (including phenoxy) is 1. The van der Waals surface area contributed by atoms with Gasteiger partial charge in [-0.05, 0) is 59.7 Å². The third kappa shape index (κ3) is 5.84. The van der Waals surface area contributed by atoms with Gasteiger partial charge in [0, 0.05) is 4.47 Å². The van der Waals surface area contributed by atoms with E-state index in [2.05, 4.69) is 26.5 Å². The summed E-state index contributed by atoms with van der Waals surface area (Å²) in [6.45, 7) is 0. The van der Waals surface area contributed by atoms with Gasteiger partial charge in [-0.15, -0.1) is 0 Å². The maximum absolute atomic E-state index is 12.1. The Balaban J connectivity index is 1.54. The Hall–Kier alpha value is -3.29. The molecule has 3 aromatic carbocycles. The van der Waals surface area contributed by atoms with Crippen LogP contribution in [-0.4, -0.2) is 23.2 Å². The Morgan fingerprint density at radius 2 is 1.62 bits per heavy atom. The lowest BCUT2D eigenvalue weighted by molar-refractivity contribution is -0.129. The van der Waals surface area contributed by atoms with E-state index in [9.17, 15) is 14.7 Å². The average Bonchev–Trinajstić information content (AvgIpc) is 2.75. The van der Waals surface area contributed by atoms with Gasteiger partial charge in [0.15, 0.2) is 6.10 Å². The standard InChI is InChI=1S/C22H17BrN2O4/c23-18-10-8-17(9-11-18)22(28)29-19-12-6-15(7-13-19)14-24-25-21(27)20(26)16-4-2-1-3-5-16/h1-14,20,26H,(H,25,27)/t20-/m1/s1. The molecule has 0 saturated carbocycles. The lowest BCUT2D eigenvalue weighted by atomic mass is 10.1. The number of hydrazone groups is 1. The molecule has 0 fully saturated rings. The second-order valence-electron chi connectivity index (χ2n) is 6.01. The molecule has 0 unspecified atom stereocenters. The summed E-state index contributed by atoms with van der Waals surface area (Å²) < 4.78 is 6.19. The first-order valence-electron chi connectivity index (χ1n) is 8.66. The highest BCUT2D eigenvalue weighted by Gasteiger charge is 2.15. The van der Waals surface area contributed by atoms with Gasteiger partial charge in [-0.3, -0.25) is 4.79 Å². The molecule has 0 aliphatic carbocycles. The van der Waals surface area contributed by atoms with Gasteiger partial charge in [0.05, 0.1) is 11.8 Å². The summed E-state index contributed by atoms with van der Waals surface area (Å²) in [6.07, 6.45) is 0.129. The lowest BCUT2D eigenvalue weighted by Crippen LogP contribution is -2.25. The Kier molecular flexibility index (Phi) is 6.89. The number of nitrogens with one attached hydrogen (secondary N) is 1. The number of halogens is 1. The molecule has 0 heterocycles. The second-order valence-corrected chi connectivity index (χ2v) is 6.93. The summed E-state index contributed by atoms with van der Waals surface area (Å²) in [5.41, 5.74) is 3.90. The summed E-state index contributed by atoms with van der Waals surface area (Å²) in [5.74, 6) is -0.702. The highest BCUT2D eigenvalue weighted by molar-refractivity contribution is 9.10. The van der Waals surface area contributed by atoms with Crippen molar-refractivity contribution in [2.75, 3.05) is 0 Å². The average molecular weight is 453 g/mol. The molecule has 1 atom stereocenters. The lowest BCUT2D eigenvalue weighted by Gasteiger charge is -2.08. The van der Waals surface area contributed by atoms with E-state index in [1.165, 1.54) is 6.21 Å². The summed E-state index contributed by atoms with van der Waals surface area (Å²) in [6, 6.07) is 22.1. The first kappa shape index (κ1) is 20.4. The summed E-state index contributed by atoms with van der Waals surface area (Å²) in [4.78, 5) is 24.0. The Bertz CT molecular complexity index is 1000. The van der Waals surface area contributed by atoms with Crippen molar-refractivity contribution in [3.8, 4) is 5.75 Å². The van der Waals surface area contributed by atoms with Crippen molar-refractivity contribution in [1.82, 2.24) is 5.43 Å². The van der Waals surface area contributed by atoms with Gasteiger partial charge >= 0.3 is 5.97 Å². The molecule has 0 spiro atoms. The molecule has 29 heavy (non-hydrogen) atoms. The van der Waals surface area contributed by atoms with Crippen LogP contribution >= 0.6 is 15.9 Å². The van der Waals surface area contributed by atoms with Gasteiger partial charge in [0.1, 0.15) is 5.75 Å². The fourth-order valence-corrected chi connectivity index (χ4v) is 2.66. The molecule has 7 heteroatoms. The van der Waals surface area contributed by atoms with E-state index in [4.69, 9.17) is 4.74 Å². The SMILES string of the molecule is O=C(Oc1ccc(C=NNC(=O)[C@H](O)c2ccccc2)cc1)c1ccc(Br)cc1. The van der Waals surface area contributed by atoms with Crippen molar-refractivity contribution >= 4 is 34.0 Å². The molecular formula is C22H17BrN2O4. The van der Waals surface area contributed by atoms with Crippen LogP contribution in [0.3, 0.4) is 0 Å². The van der Waals surface area contributed by atoms with E-state index < -0.39 is 18.0 Å². The molecule has 0 radical (unpaired) electrons. The molecule has 2 N–H and O–H groups in total. The van der Waals surface area contributed by atoms with Crippen LogP contribution in [0, 0.1) is 0 Å².